The van der Waals surface area contributed by atoms with Crippen LogP contribution in [0, 0.1) is 0 Å². The van der Waals surface area contributed by atoms with Crippen molar-refractivity contribution in [2.75, 3.05) is 24.4 Å². The number of carbonyl (C=O) groups is 1. The fourth-order valence-electron chi connectivity index (χ4n) is 3.55. The van der Waals surface area contributed by atoms with Crippen LogP contribution in [0.5, 0.6) is 11.5 Å². The van der Waals surface area contributed by atoms with Gasteiger partial charge in [-0.3, -0.25) is 4.79 Å². The Morgan fingerprint density at radius 2 is 2.06 bits per heavy atom. The van der Waals surface area contributed by atoms with Gasteiger partial charge in [-0.15, -0.1) is 0 Å². The van der Waals surface area contributed by atoms with Crippen LogP contribution in [0.25, 0.3) is 0 Å². The summed E-state index contributed by atoms with van der Waals surface area (Å²) in [4.78, 5) is 13.5. The van der Waals surface area contributed by atoms with Gasteiger partial charge in [0.15, 0.2) is 0 Å². The van der Waals surface area contributed by atoms with Crippen LogP contribution in [0.2, 0.25) is 0 Å². The first kappa shape index (κ1) is 20.9. The van der Waals surface area contributed by atoms with Crippen molar-refractivity contribution in [2.45, 2.75) is 19.9 Å². The van der Waals surface area contributed by atoms with Crippen LogP contribution in [0.15, 0.2) is 58.2 Å². The predicted octanol–water partition coefficient (Wildman–Crippen LogP) is 3.77. The van der Waals surface area contributed by atoms with Crippen molar-refractivity contribution >= 4 is 33.5 Å². The molecule has 0 radical (unpaired) electrons. The second kappa shape index (κ2) is 8.76. The van der Waals surface area contributed by atoms with E-state index in [1.807, 2.05) is 44.2 Å². The molecule has 4 rings (SSSR count). The van der Waals surface area contributed by atoms with E-state index in [4.69, 9.17) is 9.47 Å². The van der Waals surface area contributed by atoms with Crippen LogP contribution in [-0.4, -0.2) is 39.8 Å². The quantitative estimate of drug-likeness (QED) is 0.548. The summed E-state index contributed by atoms with van der Waals surface area (Å²) >= 11 is 3.52. The number of aromatic nitrogens is 4. The van der Waals surface area contributed by atoms with Gasteiger partial charge in [0.1, 0.15) is 17.5 Å². The highest BCUT2D eigenvalue weighted by molar-refractivity contribution is 9.10. The molecule has 0 bridgehead atoms. The highest BCUT2D eigenvalue weighted by atomic mass is 79.9. The van der Waals surface area contributed by atoms with Crippen molar-refractivity contribution in [2.24, 2.45) is 0 Å². The lowest BCUT2D eigenvalue weighted by atomic mass is 9.94. The molecule has 0 fully saturated rings. The largest absolute Gasteiger partial charge is 0.495 e. The maximum atomic E-state index is 13.5. The number of hydrogen-bond acceptors (Lipinski definition) is 7. The summed E-state index contributed by atoms with van der Waals surface area (Å²) in [7, 11) is 1.56. The Morgan fingerprint density at radius 3 is 2.84 bits per heavy atom. The number of para-hydroxylation sites is 2. The summed E-state index contributed by atoms with van der Waals surface area (Å²) in [6, 6.07) is 12.3. The van der Waals surface area contributed by atoms with Gasteiger partial charge in [-0.1, -0.05) is 33.2 Å². The second-order valence-electron chi connectivity index (χ2n) is 6.78. The van der Waals surface area contributed by atoms with E-state index < -0.39 is 6.04 Å². The summed E-state index contributed by atoms with van der Waals surface area (Å²) in [5, 5.41) is 18.0. The highest BCUT2D eigenvalue weighted by Crippen LogP contribution is 2.40. The Hall–Kier alpha value is -3.40. The van der Waals surface area contributed by atoms with E-state index >= 15 is 0 Å². The molecule has 0 unspecified atom stereocenters. The fraction of sp³-hybridized carbons (Fsp3) is 0.238. The molecule has 1 atom stereocenters. The number of tetrazole rings is 1. The first-order valence-corrected chi connectivity index (χ1v) is 10.4. The molecular formula is C21H21BrN6O3. The maximum Gasteiger partial charge on any atom is 0.255 e. The lowest BCUT2D eigenvalue weighted by Crippen LogP contribution is -2.32. The SMILES string of the molecule is CCOc1ccc(Br)cc1[C@@H]1C(C(=O)Nc2ccccc2OC)=C(C)Nc2nnnn21. The van der Waals surface area contributed by atoms with E-state index in [0.717, 1.165) is 10.0 Å². The molecule has 0 aliphatic carbocycles. The molecule has 2 aromatic carbocycles. The van der Waals surface area contributed by atoms with Gasteiger partial charge in [-0.05, 0) is 54.6 Å². The van der Waals surface area contributed by atoms with Crippen molar-refractivity contribution < 1.29 is 14.3 Å². The smallest absolute Gasteiger partial charge is 0.255 e. The molecule has 1 aromatic heterocycles. The fourth-order valence-corrected chi connectivity index (χ4v) is 3.93. The van der Waals surface area contributed by atoms with E-state index in [2.05, 4.69) is 42.1 Å². The minimum Gasteiger partial charge on any atom is -0.495 e. The van der Waals surface area contributed by atoms with Gasteiger partial charge < -0.3 is 20.1 Å². The van der Waals surface area contributed by atoms with Crippen molar-refractivity contribution in [1.82, 2.24) is 20.2 Å². The predicted molar refractivity (Wildman–Crippen MR) is 119 cm³/mol. The third-order valence-corrected chi connectivity index (χ3v) is 5.37. The van der Waals surface area contributed by atoms with Gasteiger partial charge in [0, 0.05) is 15.7 Å². The number of methoxy groups -OCH3 is 1. The summed E-state index contributed by atoms with van der Waals surface area (Å²) < 4.78 is 13.7. The molecule has 9 nitrogen and oxygen atoms in total. The molecule has 1 aliphatic rings. The van der Waals surface area contributed by atoms with E-state index in [-0.39, 0.29) is 5.91 Å². The average Bonchev–Trinajstić information content (AvgIpc) is 3.22. The lowest BCUT2D eigenvalue weighted by molar-refractivity contribution is -0.113. The molecule has 1 aliphatic heterocycles. The van der Waals surface area contributed by atoms with Crippen LogP contribution in [0.1, 0.15) is 25.5 Å². The van der Waals surface area contributed by atoms with E-state index in [1.165, 1.54) is 0 Å². The first-order valence-electron chi connectivity index (χ1n) is 9.65. The van der Waals surface area contributed by atoms with Gasteiger partial charge >= 0.3 is 0 Å². The number of nitrogens with one attached hydrogen (secondary N) is 2. The van der Waals surface area contributed by atoms with Crippen LogP contribution in [-0.2, 0) is 4.79 Å². The summed E-state index contributed by atoms with van der Waals surface area (Å²) in [6.45, 7) is 4.21. The number of allylic oxidation sites excluding steroid dienone is 1. The molecule has 2 N–H and O–H groups in total. The van der Waals surface area contributed by atoms with Crippen LogP contribution >= 0.6 is 15.9 Å². The number of halogens is 1. The first-order chi connectivity index (χ1) is 15.0. The van der Waals surface area contributed by atoms with Crippen LogP contribution in [0.3, 0.4) is 0 Å². The normalized spacial score (nSPS) is 15.2. The number of amides is 1. The van der Waals surface area contributed by atoms with E-state index in [1.54, 1.807) is 23.9 Å². The Kier molecular flexibility index (Phi) is 5.90. The van der Waals surface area contributed by atoms with Crippen molar-refractivity contribution in [1.29, 1.82) is 0 Å². The Morgan fingerprint density at radius 1 is 1.26 bits per heavy atom. The molecule has 0 spiro atoms. The number of ether oxygens (including phenoxy) is 2. The van der Waals surface area contributed by atoms with Crippen molar-refractivity contribution in [3.63, 3.8) is 0 Å². The van der Waals surface area contributed by atoms with Gasteiger partial charge in [0.05, 0.1) is 25.0 Å². The third-order valence-electron chi connectivity index (χ3n) is 4.88. The topological polar surface area (TPSA) is 103 Å². The van der Waals surface area contributed by atoms with Crippen LogP contribution < -0.4 is 20.1 Å². The molecule has 0 saturated heterocycles. The third kappa shape index (κ3) is 3.98. The number of nitrogens with zero attached hydrogens (tertiary/aromatic N) is 4. The number of benzene rings is 2. The molecule has 3 aromatic rings. The summed E-state index contributed by atoms with van der Waals surface area (Å²) in [6.07, 6.45) is 0. The van der Waals surface area contributed by atoms with E-state index in [0.29, 0.717) is 41.0 Å². The number of rotatable bonds is 6. The second-order valence-corrected chi connectivity index (χ2v) is 7.70. The zero-order chi connectivity index (χ0) is 22.0. The number of carbonyl (C=O) groups excluding carboxylic acids is 1. The monoisotopic (exact) mass is 484 g/mol. The molecule has 160 valence electrons. The zero-order valence-electron chi connectivity index (χ0n) is 17.2. The minimum atomic E-state index is -0.597. The highest BCUT2D eigenvalue weighted by Gasteiger charge is 2.36. The molecule has 1 amide bonds. The Balaban J connectivity index is 1.82. The van der Waals surface area contributed by atoms with Gasteiger partial charge in [-0.2, -0.15) is 4.68 Å². The number of anilines is 2. The Bertz CT molecular complexity index is 1160. The van der Waals surface area contributed by atoms with E-state index in [9.17, 15) is 4.79 Å². The lowest BCUT2D eigenvalue weighted by Gasteiger charge is -2.29. The van der Waals surface area contributed by atoms with Crippen LogP contribution in [0.4, 0.5) is 11.6 Å². The maximum absolute atomic E-state index is 13.5. The molecule has 31 heavy (non-hydrogen) atoms. The van der Waals surface area contributed by atoms with Gasteiger partial charge in [-0.25, -0.2) is 0 Å². The average molecular weight is 485 g/mol. The Labute approximate surface area is 187 Å². The van der Waals surface area contributed by atoms with Crippen molar-refractivity contribution in [3.05, 3.63) is 63.8 Å². The minimum absolute atomic E-state index is 0.303. The molecule has 10 heteroatoms. The zero-order valence-corrected chi connectivity index (χ0v) is 18.8. The number of hydrogen-bond donors (Lipinski definition) is 2. The molecule has 2 heterocycles. The standard InChI is InChI=1S/C21H21BrN6O3/c1-4-31-16-10-9-13(22)11-14(16)19-18(12(2)23-21-25-26-27-28(19)21)20(29)24-15-7-5-6-8-17(15)30-3/h5-11,19H,4H2,1-3H3,(H,24,29)(H,23,25,27)/t19-/m1/s1. The number of fused-ring (bicyclic) bond motifs is 1. The summed E-state index contributed by atoms with van der Waals surface area (Å²) in [5.74, 6) is 1.35. The van der Waals surface area contributed by atoms with Gasteiger partial charge in [0.2, 0.25) is 5.95 Å². The van der Waals surface area contributed by atoms with Gasteiger partial charge in [0.25, 0.3) is 5.91 Å². The summed E-state index contributed by atoms with van der Waals surface area (Å²) in [5.41, 5.74) is 2.43. The van der Waals surface area contributed by atoms with Crippen molar-refractivity contribution in [3.8, 4) is 11.5 Å². The molecule has 0 saturated carbocycles. The molecular weight excluding hydrogens is 464 g/mol.